The Labute approximate surface area is 147 Å². The minimum absolute atomic E-state index is 0.0540. The molecule has 7 heteroatoms. The molecule has 0 fully saturated rings. The van der Waals surface area contributed by atoms with Gasteiger partial charge in [0.25, 0.3) is 0 Å². The minimum Gasteiger partial charge on any atom is -0.486 e. The molecule has 0 aromatic heterocycles. The number of amides is 2. The van der Waals surface area contributed by atoms with E-state index in [-0.39, 0.29) is 30.4 Å². The quantitative estimate of drug-likeness (QED) is 0.520. The van der Waals surface area contributed by atoms with E-state index in [2.05, 4.69) is 10.6 Å². The first kappa shape index (κ1) is 18.8. The zero-order valence-electron chi connectivity index (χ0n) is 14.4. The van der Waals surface area contributed by atoms with Gasteiger partial charge in [0.05, 0.1) is 0 Å². The van der Waals surface area contributed by atoms with Gasteiger partial charge in [-0.1, -0.05) is 0 Å². The van der Waals surface area contributed by atoms with E-state index in [0.29, 0.717) is 43.4 Å². The van der Waals surface area contributed by atoms with Crippen LogP contribution >= 0.6 is 0 Å². The summed E-state index contributed by atoms with van der Waals surface area (Å²) in [5.41, 5.74) is 0.521. The van der Waals surface area contributed by atoms with E-state index in [1.807, 2.05) is 0 Å². The van der Waals surface area contributed by atoms with Crippen molar-refractivity contribution in [1.29, 1.82) is 0 Å². The molecule has 0 bridgehead atoms. The molecule has 1 aliphatic heterocycles. The first-order valence-electron chi connectivity index (χ1n) is 8.50. The van der Waals surface area contributed by atoms with Gasteiger partial charge in [-0.3, -0.25) is 14.4 Å². The van der Waals surface area contributed by atoms with Crippen LogP contribution in [-0.4, -0.2) is 43.9 Å². The van der Waals surface area contributed by atoms with Gasteiger partial charge in [-0.05, 0) is 31.0 Å². The van der Waals surface area contributed by atoms with Crippen LogP contribution in [0.15, 0.2) is 18.2 Å². The van der Waals surface area contributed by atoms with Crippen molar-refractivity contribution in [3.05, 3.63) is 23.8 Å². The largest absolute Gasteiger partial charge is 0.486 e. The summed E-state index contributed by atoms with van der Waals surface area (Å²) in [6.07, 6.45) is 1.88. The Morgan fingerprint density at radius 2 is 1.64 bits per heavy atom. The number of ketones is 1. The number of nitrogens with one attached hydrogen (secondary N) is 2. The zero-order chi connectivity index (χ0) is 18.1. The highest BCUT2D eigenvalue weighted by Gasteiger charge is 2.15. The SMILES string of the molecule is CC(=O)NCCCCNC(=O)CCC(=O)c1ccc2c(c1)OCCO2. The lowest BCUT2D eigenvalue weighted by Crippen LogP contribution is -2.26. The molecule has 25 heavy (non-hydrogen) atoms. The zero-order valence-corrected chi connectivity index (χ0v) is 14.4. The average molecular weight is 348 g/mol. The minimum atomic E-state index is -0.148. The summed E-state index contributed by atoms with van der Waals surface area (Å²) >= 11 is 0. The van der Waals surface area contributed by atoms with Crippen LogP contribution < -0.4 is 20.1 Å². The maximum Gasteiger partial charge on any atom is 0.220 e. The van der Waals surface area contributed by atoms with Gasteiger partial charge in [-0.15, -0.1) is 0 Å². The van der Waals surface area contributed by atoms with Crippen LogP contribution in [0.1, 0.15) is 43.0 Å². The lowest BCUT2D eigenvalue weighted by molar-refractivity contribution is -0.121. The molecular weight excluding hydrogens is 324 g/mol. The van der Waals surface area contributed by atoms with Crippen LogP contribution in [0, 0.1) is 0 Å². The molecular formula is C18H24N2O5. The molecule has 1 heterocycles. The van der Waals surface area contributed by atoms with Crippen molar-refractivity contribution in [1.82, 2.24) is 10.6 Å². The Bertz CT molecular complexity index is 630. The van der Waals surface area contributed by atoms with Crippen LogP contribution in [0.3, 0.4) is 0 Å². The van der Waals surface area contributed by atoms with Crippen LogP contribution in [0.25, 0.3) is 0 Å². The van der Waals surface area contributed by atoms with Gasteiger partial charge in [0.2, 0.25) is 11.8 Å². The molecule has 2 rings (SSSR count). The number of benzene rings is 1. The topological polar surface area (TPSA) is 93.7 Å². The van der Waals surface area contributed by atoms with Gasteiger partial charge in [0, 0.05) is 38.4 Å². The summed E-state index contributed by atoms with van der Waals surface area (Å²) in [5, 5.41) is 5.48. The summed E-state index contributed by atoms with van der Waals surface area (Å²) in [6, 6.07) is 5.07. The molecule has 1 aromatic carbocycles. The van der Waals surface area contributed by atoms with E-state index in [9.17, 15) is 14.4 Å². The summed E-state index contributed by atoms with van der Waals surface area (Å²) in [4.78, 5) is 34.7. The molecule has 7 nitrogen and oxygen atoms in total. The van der Waals surface area contributed by atoms with E-state index in [1.54, 1.807) is 18.2 Å². The summed E-state index contributed by atoms with van der Waals surface area (Å²) in [6.45, 7) is 3.59. The van der Waals surface area contributed by atoms with E-state index >= 15 is 0 Å². The monoisotopic (exact) mass is 348 g/mol. The Morgan fingerprint density at radius 1 is 0.960 bits per heavy atom. The number of hydrogen-bond donors (Lipinski definition) is 2. The van der Waals surface area contributed by atoms with Crippen molar-refractivity contribution in [3.8, 4) is 11.5 Å². The first-order valence-corrected chi connectivity index (χ1v) is 8.50. The third kappa shape index (κ3) is 6.45. The maximum absolute atomic E-state index is 12.2. The van der Waals surface area contributed by atoms with Gasteiger partial charge in [-0.25, -0.2) is 0 Å². The molecule has 0 spiro atoms. The predicted octanol–water partition coefficient (Wildman–Crippen LogP) is 1.45. The normalized spacial score (nSPS) is 12.4. The number of hydrogen-bond acceptors (Lipinski definition) is 5. The smallest absolute Gasteiger partial charge is 0.220 e. The number of fused-ring (bicyclic) bond motifs is 1. The highest BCUT2D eigenvalue weighted by atomic mass is 16.6. The molecule has 2 N–H and O–H groups in total. The van der Waals surface area contributed by atoms with Crippen LogP contribution in [0.4, 0.5) is 0 Å². The highest BCUT2D eigenvalue weighted by molar-refractivity contribution is 5.98. The molecule has 1 aromatic rings. The van der Waals surface area contributed by atoms with Gasteiger partial charge < -0.3 is 20.1 Å². The number of Topliss-reactive ketones (excluding diaryl/α,β-unsaturated/α-hetero) is 1. The fourth-order valence-corrected chi connectivity index (χ4v) is 2.42. The van der Waals surface area contributed by atoms with E-state index < -0.39 is 0 Å². The van der Waals surface area contributed by atoms with Gasteiger partial charge in [-0.2, -0.15) is 0 Å². The number of carbonyl (C=O) groups is 3. The van der Waals surface area contributed by atoms with E-state index in [0.717, 1.165) is 12.8 Å². The molecule has 136 valence electrons. The molecule has 0 aliphatic carbocycles. The third-order valence-corrected chi connectivity index (χ3v) is 3.74. The number of unbranched alkanes of at least 4 members (excludes halogenated alkanes) is 1. The number of ether oxygens (including phenoxy) is 2. The molecule has 0 unspecified atom stereocenters. The summed E-state index contributed by atoms with van der Waals surface area (Å²) < 4.78 is 10.9. The van der Waals surface area contributed by atoms with Crippen molar-refractivity contribution < 1.29 is 23.9 Å². The fraction of sp³-hybridized carbons (Fsp3) is 0.500. The Morgan fingerprint density at radius 3 is 2.36 bits per heavy atom. The highest BCUT2D eigenvalue weighted by Crippen LogP contribution is 2.31. The second kappa shape index (κ2) is 9.66. The maximum atomic E-state index is 12.2. The molecule has 0 radical (unpaired) electrons. The molecule has 0 saturated carbocycles. The fourth-order valence-electron chi connectivity index (χ4n) is 2.42. The van der Waals surface area contributed by atoms with Crippen molar-refractivity contribution in [3.63, 3.8) is 0 Å². The second-order valence-electron chi connectivity index (χ2n) is 5.82. The van der Waals surface area contributed by atoms with Crippen LogP contribution in [0.5, 0.6) is 11.5 Å². The number of carbonyl (C=O) groups excluding carboxylic acids is 3. The lowest BCUT2D eigenvalue weighted by Gasteiger charge is -2.18. The Balaban J connectivity index is 1.66. The Kier molecular flexibility index (Phi) is 7.25. The molecule has 0 atom stereocenters. The average Bonchev–Trinajstić information content (AvgIpc) is 2.61. The predicted molar refractivity (Wildman–Crippen MR) is 91.9 cm³/mol. The van der Waals surface area contributed by atoms with Crippen molar-refractivity contribution in [2.45, 2.75) is 32.6 Å². The number of rotatable bonds is 9. The van der Waals surface area contributed by atoms with Crippen LogP contribution in [-0.2, 0) is 9.59 Å². The van der Waals surface area contributed by atoms with Crippen LogP contribution in [0.2, 0.25) is 0 Å². The van der Waals surface area contributed by atoms with Gasteiger partial charge >= 0.3 is 0 Å². The summed E-state index contributed by atoms with van der Waals surface area (Å²) in [5.74, 6) is 0.908. The summed E-state index contributed by atoms with van der Waals surface area (Å²) in [7, 11) is 0. The first-order chi connectivity index (χ1) is 12.1. The van der Waals surface area contributed by atoms with Crippen molar-refractivity contribution in [2.24, 2.45) is 0 Å². The van der Waals surface area contributed by atoms with E-state index in [1.165, 1.54) is 6.92 Å². The molecule has 2 amide bonds. The third-order valence-electron chi connectivity index (χ3n) is 3.74. The molecule has 0 saturated heterocycles. The van der Waals surface area contributed by atoms with E-state index in [4.69, 9.17) is 9.47 Å². The lowest BCUT2D eigenvalue weighted by atomic mass is 10.1. The standard InChI is InChI=1S/C18H24N2O5/c1-13(21)19-8-2-3-9-20-18(23)7-5-15(22)14-4-6-16-17(12-14)25-11-10-24-16/h4,6,12H,2-3,5,7-11H2,1H3,(H,19,21)(H,20,23). The Hall–Kier alpha value is -2.57. The molecule has 1 aliphatic rings. The van der Waals surface area contributed by atoms with Gasteiger partial charge in [0.1, 0.15) is 13.2 Å². The van der Waals surface area contributed by atoms with Crippen molar-refractivity contribution >= 4 is 17.6 Å². The van der Waals surface area contributed by atoms with Crippen molar-refractivity contribution in [2.75, 3.05) is 26.3 Å². The van der Waals surface area contributed by atoms with Gasteiger partial charge in [0.15, 0.2) is 17.3 Å². The second-order valence-corrected chi connectivity index (χ2v) is 5.82.